The van der Waals surface area contributed by atoms with Crippen LogP contribution in [-0.2, 0) is 14.6 Å². The molecule has 0 spiro atoms. The zero-order chi connectivity index (χ0) is 15.1. The SMILES string of the molecule is CCC(CCN)CCC(=O)CCS(=O)(=O)C(C)(C)C. The van der Waals surface area contributed by atoms with Crippen LogP contribution in [-0.4, -0.2) is 31.2 Å². The van der Waals surface area contributed by atoms with Crippen molar-refractivity contribution in [2.45, 2.75) is 64.5 Å². The summed E-state index contributed by atoms with van der Waals surface area (Å²) in [5.74, 6) is 0.486. The molecule has 5 heteroatoms. The number of ketones is 1. The molecular formula is C14H29NO3S. The van der Waals surface area contributed by atoms with Crippen LogP contribution < -0.4 is 5.73 Å². The van der Waals surface area contributed by atoms with E-state index in [9.17, 15) is 13.2 Å². The van der Waals surface area contributed by atoms with Crippen LogP contribution in [0.25, 0.3) is 0 Å². The Morgan fingerprint density at radius 1 is 1.16 bits per heavy atom. The van der Waals surface area contributed by atoms with Gasteiger partial charge < -0.3 is 5.73 Å². The molecule has 0 amide bonds. The van der Waals surface area contributed by atoms with Crippen molar-refractivity contribution < 1.29 is 13.2 Å². The summed E-state index contributed by atoms with van der Waals surface area (Å²) in [6, 6.07) is 0. The van der Waals surface area contributed by atoms with Gasteiger partial charge >= 0.3 is 0 Å². The Kier molecular flexibility index (Phi) is 7.82. The van der Waals surface area contributed by atoms with E-state index in [1.807, 2.05) is 0 Å². The molecule has 1 atom stereocenters. The van der Waals surface area contributed by atoms with Crippen molar-refractivity contribution in [3.05, 3.63) is 0 Å². The first kappa shape index (κ1) is 18.6. The second-order valence-corrected chi connectivity index (χ2v) is 8.97. The number of carbonyl (C=O) groups is 1. The molecular weight excluding hydrogens is 262 g/mol. The molecule has 0 fully saturated rings. The quantitative estimate of drug-likeness (QED) is 0.707. The summed E-state index contributed by atoms with van der Waals surface area (Å²) < 4.78 is 23.0. The van der Waals surface area contributed by atoms with Crippen molar-refractivity contribution in [3.8, 4) is 0 Å². The van der Waals surface area contributed by atoms with Crippen LogP contribution in [0.2, 0.25) is 0 Å². The van der Waals surface area contributed by atoms with Gasteiger partial charge in [-0.25, -0.2) is 8.42 Å². The highest BCUT2D eigenvalue weighted by Crippen LogP contribution is 2.19. The Morgan fingerprint density at radius 3 is 2.16 bits per heavy atom. The van der Waals surface area contributed by atoms with E-state index >= 15 is 0 Å². The second kappa shape index (κ2) is 8.00. The molecule has 0 radical (unpaired) electrons. The van der Waals surface area contributed by atoms with E-state index in [-0.39, 0.29) is 18.0 Å². The summed E-state index contributed by atoms with van der Waals surface area (Å²) in [6.45, 7) is 7.74. The maximum absolute atomic E-state index is 11.9. The van der Waals surface area contributed by atoms with Gasteiger partial charge in [0.15, 0.2) is 9.84 Å². The van der Waals surface area contributed by atoms with Gasteiger partial charge in [0.05, 0.1) is 10.5 Å². The van der Waals surface area contributed by atoms with E-state index in [1.54, 1.807) is 20.8 Å². The summed E-state index contributed by atoms with van der Waals surface area (Å²) in [7, 11) is -3.19. The molecule has 0 saturated carbocycles. The minimum atomic E-state index is -3.19. The van der Waals surface area contributed by atoms with Crippen molar-refractivity contribution >= 4 is 15.6 Å². The number of sulfone groups is 1. The molecule has 4 nitrogen and oxygen atoms in total. The molecule has 0 aliphatic carbocycles. The Balaban J connectivity index is 4.14. The molecule has 114 valence electrons. The van der Waals surface area contributed by atoms with Crippen LogP contribution in [0.5, 0.6) is 0 Å². The van der Waals surface area contributed by atoms with E-state index in [4.69, 9.17) is 5.73 Å². The third-order valence-corrected chi connectivity index (χ3v) is 6.17. The minimum Gasteiger partial charge on any atom is -0.330 e. The predicted molar refractivity (Wildman–Crippen MR) is 79.9 cm³/mol. The van der Waals surface area contributed by atoms with Gasteiger partial charge in [-0.15, -0.1) is 0 Å². The zero-order valence-electron chi connectivity index (χ0n) is 12.7. The lowest BCUT2D eigenvalue weighted by Gasteiger charge is -2.19. The lowest BCUT2D eigenvalue weighted by atomic mass is 9.95. The molecule has 19 heavy (non-hydrogen) atoms. The Morgan fingerprint density at radius 2 is 1.74 bits per heavy atom. The highest BCUT2D eigenvalue weighted by Gasteiger charge is 2.29. The number of carbonyl (C=O) groups excluding carboxylic acids is 1. The molecule has 2 N–H and O–H groups in total. The fourth-order valence-electron chi connectivity index (χ4n) is 1.83. The molecule has 0 rings (SSSR count). The number of hydrogen-bond acceptors (Lipinski definition) is 4. The van der Waals surface area contributed by atoms with Crippen molar-refractivity contribution in [3.63, 3.8) is 0 Å². The van der Waals surface area contributed by atoms with Crippen LogP contribution in [0.4, 0.5) is 0 Å². The normalized spacial score (nSPS) is 14.4. The van der Waals surface area contributed by atoms with Crippen molar-refractivity contribution in [1.82, 2.24) is 0 Å². The molecule has 0 aliphatic heterocycles. The van der Waals surface area contributed by atoms with E-state index in [1.165, 1.54) is 0 Å². The minimum absolute atomic E-state index is 0.0387. The summed E-state index contributed by atoms with van der Waals surface area (Å²) in [4.78, 5) is 11.7. The largest absolute Gasteiger partial charge is 0.330 e. The van der Waals surface area contributed by atoms with Crippen LogP contribution in [0.1, 0.15) is 59.8 Å². The number of hydrogen-bond donors (Lipinski definition) is 1. The molecule has 0 saturated heterocycles. The average molecular weight is 291 g/mol. The zero-order valence-corrected chi connectivity index (χ0v) is 13.6. The lowest BCUT2D eigenvalue weighted by Crippen LogP contribution is -2.31. The summed E-state index contributed by atoms with van der Waals surface area (Å²) in [5.41, 5.74) is 5.51. The van der Waals surface area contributed by atoms with E-state index in [0.717, 1.165) is 19.3 Å². The smallest absolute Gasteiger partial charge is 0.155 e. The Bertz CT molecular complexity index is 369. The first-order valence-electron chi connectivity index (χ1n) is 7.08. The van der Waals surface area contributed by atoms with E-state index < -0.39 is 14.6 Å². The Labute approximate surface area is 118 Å². The van der Waals surface area contributed by atoms with Gasteiger partial charge in [-0.2, -0.15) is 0 Å². The fraction of sp³-hybridized carbons (Fsp3) is 0.929. The first-order chi connectivity index (χ1) is 8.64. The predicted octanol–water partition coefficient (Wildman–Crippen LogP) is 2.31. The maximum atomic E-state index is 11.9. The standard InChI is InChI=1S/C14H29NO3S/c1-5-12(8-10-15)6-7-13(16)9-11-19(17,18)14(2,3)4/h12H,5-11,15H2,1-4H3. The van der Waals surface area contributed by atoms with Gasteiger partial charge in [0.1, 0.15) is 5.78 Å². The average Bonchev–Trinajstić information content (AvgIpc) is 2.30. The maximum Gasteiger partial charge on any atom is 0.155 e. The molecule has 0 heterocycles. The van der Waals surface area contributed by atoms with Crippen molar-refractivity contribution in [2.24, 2.45) is 11.7 Å². The van der Waals surface area contributed by atoms with Crippen LogP contribution in [0, 0.1) is 5.92 Å². The van der Waals surface area contributed by atoms with Crippen LogP contribution in [0.3, 0.4) is 0 Å². The molecule has 0 aromatic rings. The van der Waals surface area contributed by atoms with Gasteiger partial charge in [0.2, 0.25) is 0 Å². The van der Waals surface area contributed by atoms with Gasteiger partial charge in [-0.1, -0.05) is 13.3 Å². The molecule has 0 aromatic carbocycles. The number of rotatable bonds is 9. The lowest BCUT2D eigenvalue weighted by molar-refractivity contribution is -0.119. The number of nitrogens with two attached hydrogens (primary N) is 1. The molecule has 0 aliphatic rings. The summed E-state index contributed by atoms with van der Waals surface area (Å²) >= 11 is 0. The van der Waals surface area contributed by atoms with Crippen molar-refractivity contribution in [2.75, 3.05) is 12.3 Å². The van der Waals surface area contributed by atoms with Gasteiger partial charge in [-0.05, 0) is 46.1 Å². The third-order valence-electron chi connectivity index (χ3n) is 3.57. The molecule has 0 aromatic heterocycles. The molecule has 0 bridgehead atoms. The topological polar surface area (TPSA) is 77.2 Å². The van der Waals surface area contributed by atoms with E-state index in [0.29, 0.717) is 18.9 Å². The summed E-state index contributed by atoms with van der Waals surface area (Å²) in [5, 5.41) is 0. The second-order valence-electron chi connectivity index (χ2n) is 6.11. The monoisotopic (exact) mass is 291 g/mol. The van der Waals surface area contributed by atoms with Crippen LogP contribution >= 0.6 is 0 Å². The highest BCUT2D eigenvalue weighted by molar-refractivity contribution is 7.92. The van der Waals surface area contributed by atoms with Gasteiger partial charge in [0, 0.05) is 12.8 Å². The van der Waals surface area contributed by atoms with Gasteiger partial charge in [-0.3, -0.25) is 4.79 Å². The Hall–Kier alpha value is -0.420. The first-order valence-corrected chi connectivity index (χ1v) is 8.73. The highest BCUT2D eigenvalue weighted by atomic mass is 32.2. The van der Waals surface area contributed by atoms with E-state index in [2.05, 4.69) is 6.92 Å². The fourth-order valence-corrected chi connectivity index (χ4v) is 2.94. The van der Waals surface area contributed by atoms with Crippen LogP contribution in [0.15, 0.2) is 0 Å². The van der Waals surface area contributed by atoms with Crippen molar-refractivity contribution in [1.29, 1.82) is 0 Å². The van der Waals surface area contributed by atoms with Gasteiger partial charge in [0.25, 0.3) is 0 Å². The summed E-state index contributed by atoms with van der Waals surface area (Å²) in [6.07, 6.45) is 3.38. The molecule has 1 unspecified atom stereocenters. The third kappa shape index (κ3) is 7.06. The number of Topliss-reactive ketones (excluding diaryl/α,β-unsaturated/α-hetero) is 1.